The predicted octanol–water partition coefficient (Wildman–Crippen LogP) is -0.687. The largest absolute Gasteiger partial charge is 0.365 e. The van der Waals surface area contributed by atoms with Crippen molar-refractivity contribution in [2.75, 3.05) is 13.1 Å². The normalized spacial score (nSPS) is 38.3. The molecule has 0 aromatic carbocycles. The van der Waals surface area contributed by atoms with Crippen LogP contribution in [0.25, 0.3) is 0 Å². The van der Waals surface area contributed by atoms with E-state index < -0.39 is 0 Å². The highest BCUT2D eigenvalue weighted by Crippen LogP contribution is 2.52. The molecule has 0 aromatic heterocycles. The maximum absolute atomic E-state index is 12.7. The summed E-state index contributed by atoms with van der Waals surface area (Å²) < 4.78 is 12.7. The van der Waals surface area contributed by atoms with Crippen LogP contribution in [0, 0.1) is 0 Å². The van der Waals surface area contributed by atoms with Gasteiger partial charge < -0.3 is 10.2 Å². The number of halogens is 1. The fourth-order valence-electron chi connectivity index (χ4n) is 1.97. The van der Waals surface area contributed by atoms with Gasteiger partial charge in [0.15, 0.2) is 0 Å². The fourth-order valence-corrected chi connectivity index (χ4v) is 1.97. The van der Waals surface area contributed by atoms with E-state index in [4.69, 9.17) is 0 Å². The van der Waals surface area contributed by atoms with Gasteiger partial charge >= 0.3 is 0 Å². The summed E-state index contributed by atoms with van der Waals surface area (Å²) in [4.78, 5) is 2.26. The molecule has 2 nitrogen and oxygen atoms in total. The van der Waals surface area contributed by atoms with Crippen LogP contribution in [-0.4, -0.2) is 31.3 Å². The van der Waals surface area contributed by atoms with Crippen molar-refractivity contribution >= 4 is 7.85 Å². The molecule has 1 saturated heterocycles. The van der Waals surface area contributed by atoms with Crippen LogP contribution in [0.2, 0.25) is 0 Å². The van der Waals surface area contributed by atoms with E-state index in [1.165, 1.54) is 0 Å². The molecule has 56 valence electrons. The number of nitrogens with one attached hydrogen (secondary N) is 1. The number of nitrogens with zero attached hydrogens (tertiary/aromatic N) is 1. The van der Waals surface area contributed by atoms with Crippen LogP contribution in [-0.2, 0) is 0 Å². The Morgan fingerprint density at radius 1 is 1.73 bits per heavy atom. The summed E-state index contributed by atoms with van der Waals surface area (Å²) in [5.41, 5.74) is 1.35. The Bertz CT molecular complexity index is 310. The summed E-state index contributed by atoms with van der Waals surface area (Å²) in [6.07, 6.45) is 1.68. The molecule has 4 heteroatoms. The van der Waals surface area contributed by atoms with Crippen LogP contribution in [0.4, 0.5) is 4.39 Å². The Hall–Kier alpha value is -0.925. The molecule has 11 heavy (non-hydrogen) atoms. The van der Waals surface area contributed by atoms with Gasteiger partial charge in [0.25, 0.3) is 0 Å². The minimum Gasteiger partial charge on any atom is -0.365 e. The van der Waals surface area contributed by atoms with Crippen LogP contribution in [0.15, 0.2) is 23.3 Å². The Kier molecular flexibility index (Phi) is 0.689. The van der Waals surface area contributed by atoms with Gasteiger partial charge in [0, 0.05) is 12.1 Å². The zero-order valence-electron chi connectivity index (χ0n) is 6.32. The lowest BCUT2D eigenvalue weighted by molar-refractivity contribution is 0.453. The number of dihydropyridines is 1. The lowest BCUT2D eigenvalue weighted by Crippen LogP contribution is -2.42. The van der Waals surface area contributed by atoms with E-state index >= 15 is 0 Å². The third kappa shape index (κ3) is 0.470. The zero-order valence-corrected chi connectivity index (χ0v) is 6.32. The Morgan fingerprint density at radius 3 is 3.36 bits per heavy atom. The van der Waals surface area contributed by atoms with Gasteiger partial charge in [0.2, 0.25) is 0 Å². The highest BCUT2D eigenvalue weighted by Gasteiger charge is 2.61. The van der Waals surface area contributed by atoms with Gasteiger partial charge in [0.05, 0.1) is 12.0 Å². The topological polar surface area (TPSA) is 15.0 Å². The summed E-state index contributed by atoms with van der Waals surface area (Å²) in [6.45, 7) is 1.43. The first-order valence-electron chi connectivity index (χ1n) is 3.84. The van der Waals surface area contributed by atoms with Crippen LogP contribution >= 0.6 is 0 Å². The minimum atomic E-state index is -0.0449. The molecule has 3 aliphatic heterocycles. The van der Waals surface area contributed by atoms with Gasteiger partial charge in [-0.1, -0.05) is 0 Å². The van der Waals surface area contributed by atoms with E-state index in [0.29, 0.717) is 6.54 Å². The molecule has 0 saturated carbocycles. The van der Waals surface area contributed by atoms with E-state index in [1.54, 1.807) is 6.08 Å². The van der Waals surface area contributed by atoms with Gasteiger partial charge in [-0.2, -0.15) is 0 Å². The third-order valence-corrected chi connectivity index (χ3v) is 2.79. The van der Waals surface area contributed by atoms with E-state index in [9.17, 15) is 4.39 Å². The molecule has 3 aliphatic rings. The monoisotopic (exact) mass is 150 g/mol. The van der Waals surface area contributed by atoms with Gasteiger partial charge in [0.1, 0.15) is 19.5 Å². The molecular formula is C7H8BFN2. The summed E-state index contributed by atoms with van der Waals surface area (Å²) in [7, 11) is 2.14. The smallest absolute Gasteiger partial charge is 0.143 e. The highest BCUT2D eigenvalue weighted by molar-refractivity contribution is 6.22. The number of fused-ring (bicyclic) bond motifs is 3. The second-order valence-corrected chi connectivity index (χ2v) is 3.57. The Morgan fingerprint density at radius 2 is 2.55 bits per heavy atom. The molecule has 3 rings (SSSR count). The first kappa shape index (κ1) is 5.69. The molecular weight excluding hydrogens is 142 g/mol. The van der Waals surface area contributed by atoms with Crippen LogP contribution < -0.4 is 5.32 Å². The Labute approximate surface area is 65.2 Å². The lowest BCUT2D eigenvalue weighted by Gasteiger charge is -2.33. The zero-order chi connectivity index (χ0) is 7.64. The second kappa shape index (κ2) is 1.33. The van der Waals surface area contributed by atoms with Crippen molar-refractivity contribution in [1.29, 1.82) is 0 Å². The molecule has 1 N–H and O–H groups in total. The van der Waals surface area contributed by atoms with E-state index in [2.05, 4.69) is 18.1 Å². The van der Waals surface area contributed by atoms with Crippen molar-refractivity contribution in [2.45, 2.75) is 5.44 Å². The van der Waals surface area contributed by atoms with Crippen molar-refractivity contribution in [3.8, 4) is 0 Å². The number of hydrogen-bond acceptors (Lipinski definition) is 2. The number of hydrogen-bond donors (Lipinski definition) is 1. The predicted molar refractivity (Wildman–Crippen MR) is 42.2 cm³/mol. The van der Waals surface area contributed by atoms with Crippen molar-refractivity contribution < 1.29 is 4.39 Å². The molecule has 0 radical (unpaired) electrons. The average Bonchev–Trinajstić information content (AvgIpc) is 2.58. The van der Waals surface area contributed by atoms with Crippen molar-refractivity contribution in [2.24, 2.45) is 0 Å². The molecule has 1 fully saturated rings. The summed E-state index contributed by atoms with van der Waals surface area (Å²) in [6, 6.07) is 0. The van der Waals surface area contributed by atoms with Crippen LogP contribution in [0.1, 0.15) is 0 Å². The second-order valence-electron chi connectivity index (χ2n) is 3.57. The van der Waals surface area contributed by atoms with E-state index in [0.717, 1.165) is 17.9 Å². The maximum Gasteiger partial charge on any atom is 0.143 e. The first-order valence-corrected chi connectivity index (χ1v) is 3.84. The van der Waals surface area contributed by atoms with Gasteiger partial charge in [-0.05, 0) is 6.08 Å². The third-order valence-electron chi connectivity index (χ3n) is 2.79. The molecule has 0 spiro atoms. The SMILES string of the molecule is BC12CN1C1=C2C=C(F)CN1. The molecule has 0 aromatic rings. The van der Waals surface area contributed by atoms with Gasteiger partial charge in [-0.25, -0.2) is 4.39 Å². The van der Waals surface area contributed by atoms with Crippen molar-refractivity contribution in [1.82, 2.24) is 10.2 Å². The van der Waals surface area contributed by atoms with Gasteiger partial charge in [-0.3, -0.25) is 0 Å². The summed E-state index contributed by atoms with van der Waals surface area (Å²) >= 11 is 0. The summed E-state index contributed by atoms with van der Waals surface area (Å²) in [5.74, 6) is 1.10. The minimum absolute atomic E-state index is 0.0449. The van der Waals surface area contributed by atoms with Gasteiger partial charge in [-0.15, -0.1) is 0 Å². The quantitative estimate of drug-likeness (QED) is 0.363. The van der Waals surface area contributed by atoms with E-state index in [-0.39, 0.29) is 11.3 Å². The van der Waals surface area contributed by atoms with Crippen LogP contribution in [0.5, 0.6) is 0 Å². The highest BCUT2D eigenvalue weighted by atomic mass is 19.1. The fraction of sp³-hybridized carbons (Fsp3) is 0.429. The molecule has 0 bridgehead atoms. The van der Waals surface area contributed by atoms with Crippen LogP contribution in [0.3, 0.4) is 0 Å². The average molecular weight is 150 g/mol. The molecule has 0 aliphatic carbocycles. The summed E-state index contributed by atoms with van der Waals surface area (Å²) in [5, 5.41) is 3.05. The standard InChI is InChI=1S/C7H8BFN2/c8-7-3-11(7)6-5(7)1-4(9)2-10-6/h1,10H,2-3,8H2. The Balaban J connectivity index is 2.07. The van der Waals surface area contributed by atoms with Crippen molar-refractivity contribution in [3.05, 3.63) is 23.3 Å². The number of rotatable bonds is 0. The molecule has 1 atom stereocenters. The van der Waals surface area contributed by atoms with E-state index in [1.807, 2.05) is 0 Å². The van der Waals surface area contributed by atoms with Crippen molar-refractivity contribution in [3.63, 3.8) is 0 Å². The maximum atomic E-state index is 12.7. The lowest BCUT2D eigenvalue weighted by atomic mass is 9.75. The molecule has 1 unspecified atom stereocenters. The molecule has 0 amide bonds. The molecule has 3 heterocycles. The first-order chi connectivity index (χ1) is 5.22.